The Bertz CT molecular complexity index is 650. The van der Waals surface area contributed by atoms with Gasteiger partial charge in [0.2, 0.25) is 0 Å². The van der Waals surface area contributed by atoms with Crippen LogP contribution in [0.25, 0.3) is 0 Å². The number of hydrazone groups is 1. The molecule has 0 aromatic heterocycles. The number of benzene rings is 2. The first-order valence-electron chi connectivity index (χ1n) is 6.25. The lowest BCUT2D eigenvalue weighted by molar-refractivity contribution is 0.482. The first-order valence-corrected chi connectivity index (χ1v) is 6.25. The summed E-state index contributed by atoms with van der Waals surface area (Å²) in [7, 11) is 0. The van der Waals surface area contributed by atoms with Crippen molar-refractivity contribution >= 4 is 18.2 Å². The highest BCUT2D eigenvalue weighted by Crippen LogP contribution is 2.25. The third-order valence-electron chi connectivity index (χ3n) is 2.77. The molecule has 0 saturated heterocycles. The van der Waals surface area contributed by atoms with Crippen molar-refractivity contribution in [3.8, 4) is 11.5 Å². The van der Waals surface area contributed by atoms with Gasteiger partial charge in [-0.3, -0.25) is 5.41 Å². The average Bonchev–Trinajstić information content (AvgIpc) is 2.50. The van der Waals surface area contributed by atoms with E-state index < -0.39 is 0 Å². The number of nitrogens with two attached hydrogens (primary N) is 1. The maximum atomic E-state index is 7.40. The molecule has 2 rings (SSSR count). The molecule has 0 bridgehead atoms. The van der Waals surface area contributed by atoms with Crippen molar-refractivity contribution in [2.75, 3.05) is 5.01 Å². The Balaban J connectivity index is 2.16. The summed E-state index contributed by atoms with van der Waals surface area (Å²) in [5.41, 5.74) is 6.38. The second-order valence-corrected chi connectivity index (χ2v) is 4.22. The fraction of sp³-hybridized carbons (Fsp3) is 0. The smallest absolute Gasteiger partial charge is 0.141 e. The van der Waals surface area contributed by atoms with Crippen molar-refractivity contribution in [3.05, 3.63) is 66.9 Å². The topological polar surface area (TPSA) is 74.7 Å². The predicted molar refractivity (Wildman–Crippen MR) is 86.0 cm³/mol. The minimum Gasteiger partial charge on any atom is -0.457 e. The molecule has 5 heteroatoms. The van der Waals surface area contributed by atoms with Gasteiger partial charge < -0.3 is 10.5 Å². The number of amidine groups is 1. The van der Waals surface area contributed by atoms with Gasteiger partial charge in [-0.15, -0.1) is 0 Å². The molecule has 0 amide bonds. The molecule has 5 nitrogen and oxygen atoms in total. The summed E-state index contributed by atoms with van der Waals surface area (Å²) in [6, 6.07) is 16.7. The van der Waals surface area contributed by atoms with Gasteiger partial charge in [-0.2, -0.15) is 5.10 Å². The highest BCUT2D eigenvalue weighted by Gasteiger charge is 2.11. The zero-order chi connectivity index (χ0) is 15.2. The lowest BCUT2D eigenvalue weighted by Crippen LogP contribution is -2.25. The van der Waals surface area contributed by atoms with E-state index in [1.54, 1.807) is 24.3 Å². The summed E-state index contributed by atoms with van der Waals surface area (Å²) < 4.78 is 5.70. The minimum absolute atomic E-state index is 0.160. The molecular formula is C16H16N4O. The number of nitrogens with one attached hydrogen (secondary N) is 1. The van der Waals surface area contributed by atoms with Crippen LogP contribution in [0.5, 0.6) is 11.5 Å². The highest BCUT2D eigenvalue weighted by molar-refractivity contribution is 5.97. The van der Waals surface area contributed by atoms with Crippen LogP contribution in [-0.2, 0) is 0 Å². The van der Waals surface area contributed by atoms with Crippen molar-refractivity contribution in [1.29, 1.82) is 5.41 Å². The van der Waals surface area contributed by atoms with Gasteiger partial charge in [0, 0.05) is 6.72 Å². The second-order valence-electron chi connectivity index (χ2n) is 4.22. The van der Waals surface area contributed by atoms with E-state index in [9.17, 15) is 0 Å². The van der Waals surface area contributed by atoms with Gasteiger partial charge in [0.25, 0.3) is 0 Å². The van der Waals surface area contributed by atoms with Crippen LogP contribution in [0.4, 0.5) is 5.69 Å². The molecule has 0 heterocycles. The quantitative estimate of drug-likeness (QED) is 0.484. The lowest BCUT2D eigenvalue weighted by Gasteiger charge is -2.20. The lowest BCUT2D eigenvalue weighted by atomic mass is 10.2. The normalized spacial score (nSPS) is 9.71. The fourth-order valence-electron chi connectivity index (χ4n) is 1.72. The Morgan fingerprint density at radius 2 is 1.62 bits per heavy atom. The van der Waals surface area contributed by atoms with Gasteiger partial charge in [-0.05, 0) is 36.4 Å². The summed E-state index contributed by atoms with van der Waals surface area (Å²) in [5, 5.41) is 12.6. The standard InChI is InChI=1S/C16H16N4O/c1-12(16(17)18)20(19-2)13-8-10-15(11-9-13)21-14-6-4-3-5-7-14/h3-11H,1-2H2,(H3,17,18). The summed E-state index contributed by atoms with van der Waals surface area (Å²) in [5.74, 6) is 1.30. The van der Waals surface area contributed by atoms with Gasteiger partial charge in [0.05, 0.1) is 11.4 Å². The third kappa shape index (κ3) is 3.48. The van der Waals surface area contributed by atoms with Crippen LogP contribution < -0.4 is 15.5 Å². The van der Waals surface area contributed by atoms with E-state index in [2.05, 4.69) is 18.4 Å². The summed E-state index contributed by atoms with van der Waals surface area (Å²) in [6.07, 6.45) is 0. The molecule has 0 unspecified atom stereocenters. The fourth-order valence-corrected chi connectivity index (χ4v) is 1.72. The van der Waals surface area contributed by atoms with Crippen LogP contribution in [0, 0.1) is 5.41 Å². The summed E-state index contributed by atoms with van der Waals surface area (Å²) in [4.78, 5) is 0. The van der Waals surface area contributed by atoms with Gasteiger partial charge in [0.1, 0.15) is 17.3 Å². The van der Waals surface area contributed by atoms with Crippen LogP contribution in [-0.4, -0.2) is 12.6 Å². The highest BCUT2D eigenvalue weighted by atomic mass is 16.5. The van der Waals surface area contributed by atoms with Crippen LogP contribution in [0.1, 0.15) is 0 Å². The number of rotatable bonds is 6. The maximum Gasteiger partial charge on any atom is 0.141 e. The molecule has 0 aliphatic carbocycles. The molecule has 3 N–H and O–H groups in total. The molecule has 106 valence electrons. The molecule has 0 spiro atoms. The molecule has 0 aliphatic rings. The Morgan fingerprint density at radius 3 is 2.14 bits per heavy atom. The number of para-hydroxylation sites is 1. The first-order chi connectivity index (χ1) is 10.1. The molecule has 2 aromatic carbocycles. The number of hydrogen-bond donors (Lipinski definition) is 2. The van der Waals surface area contributed by atoms with E-state index in [0.29, 0.717) is 11.4 Å². The summed E-state index contributed by atoms with van der Waals surface area (Å²) in [6.45, 7) is 7.17. The van der Waals surface area contributed by atoms with Crippen LogP contribution >= 0.6 is 0 Å². The third-order valence-corrected chi connectivity index (χ3v) is 2.77. The van der Waals surface area contributed by atoms with E-state index in [1.165, 1.54) is 5.01 Å². The van der Waals surface area contributed by atoms with Gasteiger partial charge in [0.15, 0.2) is 0 Å². The average molecular weight is 280 g/mol. The van der Waals surface area contributed by atoms with Crippen molar-refractivity contribution < 1.29 is 4.74 Å². The number of nitrogens with zero attached hydrogens (tertiary/aromatic N) is 2. The Morgan fingerprint density at radius 1 is 1.05 bits per heavy atom. The molecule has 0 radical (unpaired) electrons. The number of ether oxygens (including phenoxy) is 1. The van der Waals surface area contributed by atoms with Gasteiger partial charge >= 0.3 is 0 Å². The molecular weight excluding hydrogens is 264 g/mol. The molecule has 0 atom stereocenters. The predicted octanol–water partition coefficient (Wildman–Crippen LogP) is 3.35. The molecule has 2 aromatic rings. The molecule has 0 fully saturated rings. The van der Waals surface area contributed by atoms with Crippen LogP contribution in [0.15, 0.2) is 72.0 Å². The van der Waals surface area contributed by atoms with Crippen LogP contribution in [0.2, 0.25) is 0 Å². The number of anilines is 1. The SMILES string of the molecule is C=NN(C(=C)C(=N)N)c1ccc(Oc2ccccc2)cc1. The monoisotopic (exact) mass is 280 g/mol. The van der Waals surface area contributed by atoms with Gasteiger partial charge in [-0.1, -0.05) is 24.8 Å². The maximum absolute atomic E-state index is 7.40. The van der Waals surface area contributed by atoms with Crippen LogP contribution in [0.3, 0.4) is 0 Å². The first kappa shape index (κ1) is 14.3. The van der Waals surface area contributed by atoms with E-state index in [4.69, 9.17) is 15.9 Å². The van der Waals surface area contributed by atoms with Crippen molar-refractivity contribution in [2.45, 2.75) is 0 Å². The number of hydrogen-bond acceptors (Lipinski definition) is 4. The van der Waals surface area contributed by atoms with E-state index in [1.807, 2.05) is 30.3 Å². The second kappa shape index (κ2) is 6.38. The van der Waals surface area contributed by atoms with Crippen molar-refractivity contribution in [2.24, 2.45) is 10.8 Å². The summed E-state index contributed by atoms with van der Waals surface area (Å²) >= 11 is 0. The Kier molecular flexibility index (Phi) is 4.36. The zero-order valence-electron chi connectivity index (χ0n) is 11.5. The van der Waals surface area contributed by atoms with Gasteiger partial charge in [-0.25, -0.2) is 5.01 Å². The van der Waals surface area contributed by atoms with E-state index >= 15 is 0 Å². The van der Waals surface area contributed by atoms with Crippen molar-refractivity contribution in [1.82, 2.24) is 0 Å². The minimum atomic E-state index is -0.160. The molecule has 0 aliphatic heterocycles. The Labute approximate surface area is 123 Å². The molecule has 21 heavy (non-hydrogen) atoms. The van der Waals surface area contributed by atoms with E-state index in [0.717, 1.165) is 5.75 Å². The van der Waals surface area contributed by atoms with Crippen molar-refractivity contribution in [3.63, 3.8) is 0 Å². The van der Waals surface area contributed by atoms with E-state index in [-0.39, 0.29) is 11.5 Å². The molecule has 0 saturated carbocycles. The zero-order valence-corrected chi connectivity index (χ0v) is 11.5. The Hall–Kier alpha value is -3.08. The largest absolute Gasteiger partial charge is 0.457 e.